The van der Waals surface area contributed by atoms with Crippen LogP contribution in [0.25, 0.3) is 11.0 Å². The van der Waals surface area contributed by atoms with Crippen LogP contribution >= 0.6 is 0 Å². The van der Waals surface area contributed by atoms with Crippen LogP contribution in [0.2, 0.25) is 0 Å². The summed E-state index contributed by atoms with van der Waals surface area (Å²) >= 11 is 0. The molecule has 1 fully saturated rings. The van der Waals surface area contributed by atoms with Gasteiger partial charge in [-0.3, -0.25) is 9.59 Å². The van der Waals surface area contributed by atoms with Gasteiger partial charge in [0.2, 0.25) is 5.91 Å². The molecule has 0 aliphatic carbocycles. The Labute approximate surface area is 146 Å². The Morgan fingerprint density at radius 3 is 2.80 bits per heavy atom. The van der Waals surface area contributed by atoms with E-state index in [1.807, 2.05) is 29.2 Å². The average molecular weight is 344 g/mol. The van der Waals surface area contributed by atoms with Gasteiger partial charge in [-0.1, -0.05) is 12.1 Å². The molecule has 1 aromatic heterocycles. The predicted molar refractivity (Wildman–Crippen MR) is 97.0 cm³/mol. The summed E-state index contributed by atoms with van der Waals surface area (Å²) in [5, 5.41) is 2.79. The highest BCUT2D eigenvalue weighted by atomic mass is 16.5. The lowest BCUT2D eigenvalue weighted by Crippen LogP contribution is -2.33. The van der Waals surface area contributed by atoms with E-state index >= 15 is 0 Å². The lowest BCUT2D eigenvalue weighted by molar-refractivity contribution is -0.121. The van der Waals surface area contributed by atoms with Crippen LogP contribution in [-0.4, -0.2) is 48.8 Å². The number of hydrogen-bond acceptors (Lipinski definition) is 5. The molecule has 0 unspecified atom stereocenters. The summed E-state index contributed by atoms with van der Waals surface area (Å²) in [7, 11) is 1.59. The third-order valence-electron chi connectivity index (χ3n) is 4.43. The second-order valence-electron chi connectivity index (χ2n) is 6.17. The van der Waals surface area contributed by atoms with Gasteiger partial charge in [-0.05, 0) is 25.0 Å². The van der Waals surface area contributed by atoms with Gasteiger partial charge in [-0.25, -0.2) is 4.98 Å². The number of fused-ring (bicyclic) bond motifs is 1. The van der Waals surface area contributed by atoms with E-state index in [1.54, 1.807) is 11.7 Å². The largest absolute Gasteiger partial charge is 0.383 e. The van der Waals surface area contributed by atoms with Gasteiger partial charge in [0.15, 0.2) is 5.82 Å². The maximum Gasteiger partial charge on any atom is 0.294 e. The Morgan fingerprint density at radius 1 is 1.28 bits per heavy atom. The number of rotatable bonds is 7. The molecule has 0 spiro atoms. The Balaban J connectivity index is 1.86. The Hall–Kier alpha value is -2.41. The summed E-state index contributed by atoms with van der Waals surface area (Å²) in [6, 6.07) is 7.58. The van der Waals surface area contributed by atoms with Crippen molar-refractivity contribution >= 4 is 22.8 Å². The van der Waals surface area contributed by atoms with E-state index in [0.29, 0.717) is 25.5 Å². The molecule has 0 saturated carbocycles. The third-order valence-corrected chi connectivity index (χ3v) is 4.43. The molecule has 0 atom stereocenters. The quantitative estimate of drug-likeness (QED) is 0.763. The lowest BCUT2D eigenvalue weighted by atomic mass is 10.2. The number of benzene rings is 1. The SMILES string of the molecule is COCCNC(=O)CCn1c(=O)c(N2CCCC2)nc2ccccc21. The number of hydrogen-bond donors (Lipinski definition) is 1. The normalized spacial score (nSPS) is 14.2. The van der Waals surface area contributed by atoms with E-state index in [9.17, 15) is 9.59 Å². The van der Waals surface area contributed by atoms with Gasteiger partial charge in [0, 0.05) is 39.7 Å². The first-order valence-corrected chi connectivity index (χ1v) is 8.71. The van der Waals surface area contributed by atoms with E-state index in [4.69, 9.17) is 4.74 Å². The van der Waals surface area contributed by atoms with Gasteiger partial charge in [-0.2, -0.15) is 0 Å². The van der Waals surface area contributed by atoms with E-state index in [0.717, 1.165) is 37.0 Å². The first-order chi connectivity index (χ1) is 12.2. The molecule has 3 rings (SSSR count). The van der Waals surface area contributed by atoms with Crippen LogP contribution < -0.4 is 15.8 Å². The molecule has 7 heteroatoms. The Morgan fingerprint density at radius 2 is 2.04 bits per heavy atom. The third kappa shape index (κ3) is 3.99. The zero-order valence-corrected chi connectivity index (χ0v) is 14.5. The van der Waals surface area contributed by atoms with Crippen LogP contribution in [0.3, 0.4) is 0 Å². The van der Waals surface area contributed by atoms with Gasteiger partial charge in [0.1, 0.15) is 0 Å². The molecule has 0 radical (unpaired) electrons. The van der Waals surface area contributed by atoms with Gasteiger partial charge in [-0.15, -0.1) is 0 Å². The maximum atomic E-state index is 12.9. The summed E-state index contributed by atoms with van der Waals surface area (Å²) in [4.78, 5) is 31.5. The highest BCUT2D eigenvalue weighted by molar-refractivity contribution is 5.78. The minimum atomic E-state index is -0.120. The van der Waals surface area contributed by atoms with Crippen LogP contribution in [0.4, 0.5) is 5.82 Å². The van der Waals surface area contributed by atoms with Crippen LogP contribution in [0, 0.1) is 0 Å². The number of carbonyl (C=O) groups excluding carboxylic acids is 1. The number of aromatic nitrogens is 2. The first kappa shape index (κ1) is 17.4. The van der Waals surface area contributed by atoms with E-state index in [1.165, 1.54) is 0 Å². The number of nitrogens with one attached hydrogen (secondary N) is 1. The number of aryl methyl sites for hydroxylation is 1. The molecule has 1 aliphatic rings. The van der Waals surface area contributed by atoms with E-state index in [2.05, 4.69) is 10.3 Å². The van der Waals surface area contributed by atoms with Crippen LogP contribution in [0.15, 0.2) is 29.1 Å². The molecule has 2 aromatic rings. The van der Waals surface area contributed by atoms with Crippen LogP contribution in [0.5, 0.6) is 0 Å². The minimum absolute atomic E-state index is 0.0902. The van der Waals surface area contributed by atoms with Crippen molar-refractivity contribution < 1.29 is 9.53 Å². The molecule has 7 nitrogen and oxygen atoms in total. The zero-order valence-electron chi connectivity index (χ0n) is 14.5. The number of nitrogens with zero attached hydrogens (tertiary/aromatic N) is 3. The monoisotopic (exact) mass is 344 g/mol. The summed E-state index contributed by atoms with van der Waals surface area (Å²) in [5.74, 6) is 0.406. The summed E-state index contributed by atoms with van der Waals surface area (Å²) < 4.78 is 6.59. The van der Waals surface area contributed by atoms with Crippen molar-refractivity contribution in [3.63, 3.8) is 0 Å². The van der Waals surface area contributed by atoms with Crippen LogP contribution in [-0.2, 0) is 16.1 Å². The number of methoxy groups -OCH3 is 1. The topological polar surface area (TPSA) is 76.5 Å². The molecule has 1 amide bonds. The molecule has 1 saturated heterocycles. The number of ether oxygens (including phenoxy) is 1. The maximum absolute atomic E-state index is 12.9. The average Bonchev–Trinajstić information content (AvgIpc) is 3.15. The molecule has 1 aliphatic heterocycles. The lowest BCUT2D eigenvalue weighted by Gasteiger charge is -2.19. The van der Waals surface area contributed by atoms with Gasteiger partial charge in [0.25, 0.3) is 5.56 Å². The van der Waals surface area contributed by atoms with Crippen molar-refractivity contribution in [1.82, 2.24) is 14.9 Å². The first-order valence-electron chi connectivity index (χ1n) is 8.71. The standard InChI is InChI=1S/C18H24N4O3/c1-25-13-9-19-16(23)8-12-22-15-7-3-2-6-14(15)20-17(18(22)24)21-10-4-5-11-21/h2-3,6-7H,4-5,8-13H2,1H3,(H,19,23). The highest BCUT2D eigenvalue weighted by Crippen LogP contribution is 2.18. The second-order valence-corrected chi connectivity index (χ2v) is 6.17. The molecule has 25 heavy (non-hydrogen) atoms. The van der Waals surface area contributed by atoms with Crippen LogP contribution in [0.1, 0.15) is 19.3 Å². The van der Waals surface area contributed by atoms with Crippen molar-refractivity contribution in [2.45, 2.75) is 25.8 Å². The fraction of sp³-hybridized carbons (Fsp3) is 0.500. The molecule has 134 valence electrons. The van der Waals surface area contributed by atoms with E-state index < -0.39 is 0 Å². The van der Waals surface area contributed by atoms with E-state index in [-0.39, 0.29) is 17.9 Å². The Kier molecular flexibility index (Phi) is 5.65. The number of para-hydroxylation sites is 2. The molecule has 1 N–H and O–H groups in total. The van der Waals surface area contributed by atoms with Gasteiger partial charge < -0.3 is 19.5 Å². The summed E-state index contributed by atoms with van der Waals surface area (Å²) in [5.41, 5.74) is 1.43. The number of amides is 1. The molecule has 0 bridgehead atoms. The number of carbonyl (C=O) groups is 1. The molecule has 1 aromatic carbocycles. The zero-order chi connectivity index (χ0) is 17.6. The van der Waals surface area contributed by atoms with Gasteiger partial charge in [0.05, 0.1) is 17.6 Å². The fourth-order valence-corrected chi connectivity index (χ4v) is 3.13. The number of anilines is 1. The van der Waals surface area contributed by atoms with Crippen molar-refractivity contribution in [1.29, 1.82) is 0 Å². The second kappa shape index (κ2) is 8.11. The fourth-order valence-electron chi connectivity index (χ4n) is 3.13. The summed E-state index contributed by atoms with van der Waals surface area (Å²) in [6.07, 6.45) is 2.41. The smallest absolute Gasteiger partial charge is 0.294 e. The van der Waals surface area contributed by atoms with Crippen molar-refractivity contribution in [3.8, 4) is 0 Å². The van der Waals surface area contributed by atoms with Gasteiger partial charge >= 0.3 is 0 Å². The minimum Gasteiger partial charge on any atom is -0.383 e. The molecular weight excluding hydrogens is 320 g/mol. The van der Waals surface area contributed by atoms with Crippen molar-refractivity contribution in [3.05, 3.63) is 34.6 Å². The predicted octanol–water partition coefficient (Wildman–Crippen LogP) is 1.15. The van der Waals surface area contributed by atoms with Crippen molar-refractivity contribution in [2.24, 2.45) is 0 Å². The highest BCUT2D eigenvalue weighted by Gasteiger charge is 2.20. The molecular formula is C18H24N4O3. The van der Waals surface area contributed by atoms with Crippen molar-refractivity contribution in [2.75, 3.05) is 38.3 Å². The Bertz CT molecular complexity index is 796. The summed E-state index contributed by atoms with van der Waals surface area (Å²) in [6.45, 7) is 3.00. The molecule has 2 heterocycles.